The number of nitrogen functional groups attached to an aromatic ring is 1. The second-order valence-electron chi connectivity index (χ2n) is 9.93. The molecule has 1 unspecified atom stereocenters. The number of benzene rings is 1. The lowest BCUT2D eigenvalue weighted by atomic mass is 9.93. The number of carbonyl (C=O) groups is 2. The van der Waals surface area contributed by atoms with Crippen LogP contribution in [0, 0.1) is 5.41 Å². The van der Waals surface area contributed by atoms with Gasteiger partial charge in [-0.2, -0.15) is 0 Å². The van der Waals surface area contributed by atoms with Crippen molar-refractivity contribution >= 4 is 29.5 Å². The van der Waals surface area contributed by atoms with Crippen molar-refractivity contribution in [2.45, 2.75) is 39.5 Å². The first-order valence-corrected chi connectivity index (χ1v) is 11.1. The summed E-state index contributed by atoms with van der Waals surface area (Å²) in [5, 5.41) is 0. The van der Waals surface area contributed by atoms with E-state index in [1.807, 2.05) is 24.1 Å². The van der Waals surface area contributed by atoms with Gasteiger partial charge in [0, 0.05) is 56.6 Å². The lowest BCUT2D eigenvalue weighted by molar-refractivity contribution is -0.107. The van der Waals surface area contributed by atoms with E-state index in [1.54, 1.807) is 31.3 Å². The fourth-order valence-electron chi connectivity index (χ4n) is 4.34. The smallest absolute Gasteiger partial charge is 0.253 e. The van der Waals surface area contributed by atoms with Gasteiger partial charge >= 0.3 is 0 Å². The van der Waals surface area contributed by atoms with E-state index in [1.165, 1.54) is 4.90 Å². The zero-order chi connectivity index (χ0) is 23.5. The summed E-state index contributed by atoms with van der Waals surface area (Å²) in [5.41, 5.74) is 8.99. The van der Waals surface area contributed by atoms with Gasteiger partial charge in [0.05, 0.1) is 5.69 Å². The molecule has 0 bridgehead atoms. The minimum absolute atomic E-state index is 0.00577. The number of rotatable bonds is 6. The molecule has 1 aliphatic rings. The quantitative estimate of drug-likeness (QED) is 0.550. The maximum Gasteiger partial charge on any atom is 0.253 e. The summed E-state index contributed by atoms with van der Waals surface area (Å²) < 4.78 is 0. The van der Waals surface area contributed by atoms with E-state index in [9.17, 15) is 9.59 Å². The number of piperidine rings is 1. The van der Waals surface area contributed by atoms with E-state index in [2.05, 4.69) is 25.7 Å². The number of pyridine rings is 1. The van der Waals surface area contributed by atoms with E-state index in [4.69, 9.17) is 10.7 Å². The first-order chi connectivity index (χ1) is 15.1. The van der Waals surface area contributed by atoms with Gasteiger partial charge in [-0.3, -0.25) is 9.59 Å². The molecule has 2 N–H and O–H groups in total. The molecule has 0 radical (unpaired) electrons. The van der Waals surface area contributed by atoms with Crippen LogP contribution in [0.3, 0.4) is 0 Å². The molecule has 172 valence electrons. The molecule has 0 aliphatic carbocycles. The van der Waals surface area contributed by atoms with Crippen molar-refractivity contribution in [2.24, 2.45) is 5.41 Å². The minimum atomic E-state index is -0.00577. The number of likely N-dealkylation sites (tertiary alicyclic amines) is 1. The number of nitrogens with zero attached hydrogens (tertiary/aromatic N) is 4. The first kappa shape index (κ1) is 23.6. The Hall–Kier alpha value is -3.09. The largest absolute Gasteiger partial charge is 0.399 e. The van der Waals surface area contributed by atoms with Crippen LogP contribution >= 0.6 is 0 Å². The van der Waals surface area contributed by atoms with E-state index in [-0.39, 0.29) is 17.2 Å². The van der Waals surface area contributed by atoms with Crippen molar-refractivity contribution in [1.29, 1.82) is 0 Å². The van der Waals surface area contributed by atoms with Crippen LogP contribution in [0.25, 0.3) is 0 Å². The second kappa shape index (κ2) is 9.59. The molecule has 1 fully saturated rings. The Morgan fingerprint density at radius 1 is 1.25 bits per heavy atom. The van der Waals surface area contributed by atoms with Crippen LogP contribution in [0.1, 0.15) is 55.6 Å². The Morgan fingerprint density at radius 2 is 2.00 bits per heavy atom. The van der Waals surface area contributed by atoms with Crippen LogP contribution in [0.5, 0.6) is 0 Å². The summed E-state index contributed by atoms with van der Waals surface area (Å²) in [6.45, 7) is 8.70. The van der Waals surface area contributed by atoms with Crippen LogP contribution in [-0.4, -0.2) is 55.9 Å². The Labute approximate surface area is 191 Å². The van der Waals surface area contributed by atoms with Crippen molar-refractivity contribution in [2.75, 3.05) is 49.3 Å². The van der Waals surface area contributed by atoms with E-state index in [0.717, 1.165) is 43.7 Å². The van der Waals surface area contributed by atoms with Crippen molar-refractivity contribution in [3.8, 4) is 0 Å². The van der Waals surface area contributed by atoms with Crippen molar-refractivity contribution in [3.05, 3.63) is 47.7 Å². The van der Waals surface area contributed by atoms with Crippen molar-refractivity contribution in [1.82, 2.24) is 9.88 Å². The number of anilines is 3. The Morgan fingerprint density at radius 3 is 2.66 bits per heavy atom. The maximum atomic E-state index is 13.0. The SMILES string of the molecule is CN(C=O)c1nc(C2CCCN(C(=O)c3cccc(N)c3)C2)ccc1N(C)CC(C)(C)C. The molecular formula is C25H35N5O2. The van der Waals surface area contributed by atoms with Crippen molar-refractivity contribution in [3.63, 3.8) is 0 Å². The zero-order valence-corrected chi connectivity index (χ0v) is 19.8. The number of hydrogen-bond acceptors (Lipinski definition) is 5. The third-order valence-corrected chi connectivity index (χ3v) is 5.75. The molecule has 2 aromatic rings. The highest BCUT2D eigenvalue weighted by molar-refractivity contribution is 5.95. The Bertz CT molecular complexity index is 969. The summed E-state index contributed by atoms with van der Waals surface area (Å²) >= 11 is 0. The molecule has 0 saturated carbocycles. The van der Waals surface area contributed by atoms with Gasteiger partial charge in [0.15, 0.2) is 5.82 Å². The molecule has 32 heavy (non-hydrogen) atoms. The zero-order valence-electron chi connectivity index (χ0n) is 19.8. The fourth-order valence-corrected chi connectivity index (χ4v) is 4.34. The number of carbonyl (C=O) groups excluding carboxylic acids is 2. The molecule has 2 heterocycles. The molecular weight excluding hydrogens is 402 g/mol. The molecule has 2 amide bonds. The molecule has 7 heteroatoms. The molecule has 0 spiro atoms. The summed E-state index contributed by atoms with van der Waals surface area (Å²) in [4.78, 5) is 35.0. The maximum absolute atomic E-state index is 13.0. The van der Waals surface area contributed by atoms with Gasteiger partial charge in [-0.15, -0.1) is 0 Å². The Kier molecular flexibility index (Phi) is 7.06. The average molecular weight is 438 g/mol. The van der Waals surface area contributed by atoms with E-state index < -0.39 is 0 Å². The third kappa shape index (κ3) is 5.58. The number of amides is 2. The van der Waals surface area contributed by atoms with Gasteiger partial charge in [0.1, 0.15) is 0 Å². The van der Waals surface area contributed by atoms with Gasteiger partial charge in [-0.25, -0.2) is 4.98 Å². The molecule has 1 atom stereocenters. The molecule has 3 rings (SSSR count). The third-order valence-electron chi connectivity index (χ3n) is 5.75. The van der Waals surface area contributed by atoms with Crippen LogP contribution in [0.2, 0.25) is 0 Å². The van der Waals surface area contributed by atoms with Crippen molar-refractivity contribution < 1.29 is 9.59 Å². The summed E-state index contributed by atoms with van der Waals surface area (Å²) in [7, 11) is 3.75. The predicted molar refractivity (Wildman–Crippen MR) is 130 cm³/mol. The van der Waals surface area contributed by atoms with Gasteiger partial charge < -0.3 is 20.4 Å². The molecule has 1 aromatic carbocycles. The first-order valence-electron chi connectivity index (χ1n) is 11.1. The highest BCUT2D eigenvalue weighted by Crippen LogP contribution is 2.33. The summed E-state index contributed by atoms with van der Waals surface area (Å²) in [6, 6.07) is 11.2. The topological polar surface area (TPSA) is 82.8 Å². The Balaban J connectivity index is 1.85. The van der Waals surface area contributed by atoms with Crippen LogP contribution in [0.15, 0.2) is 36.4 Å². The highest BCUT2D eigenvalue weighted by atomic mass is 16.2. The van der Waals surface area contributed by atoms with E-state index >= 15 is 0 Å². The molecule has 7 nitrogen and oxygen atoms in total. The van der Waals surface area contributed by atoms with E-state index in [0.29, 0.717) is 23.6 Å². The molecule has 1 aliphatic heterocycles. The second-order valence-corrected chi connectivity index (χ2v) is 9.93. The van der Waals surface area contributed by atoms with Gasteiger partial charge in [-0.1, -0.05) is 26.8 Å². The molecule has 1 aromatic heterocycles. The average Bonchev–Trinajstić information content (AvgIpc) is 2.76. The lowest BCUT2D eigenvalue weighted by Crippen LogP contribution is -2.39. The molecule has 1 saturated heterocycles. The van der Waals surface area contributed by atoms with Crippen LogP contribution in [-0.2, 0) is 4.79 Å². The highest BCUT2D eigenvalue weighted by Gasteiger charge is 2.28. The van der Waals surface area contributed by atoms with Crippen LogP contribution in [0.4, 0.5) is 17.2 Å². The van der Waals surface area contributed by atoms with Gasteiger partial charge in [-0.05, 0) is 48.6 Å². The lowest BCUT2D eigenvalue weighted by Gasteiger charge is -2.34. The minimum Gasteiger partial charge on any atom is -0.399 e. The summed E-state index contributed by atoms with van der Waals surface area (Å²) in [5.74, 6) is 0.756. The van der Waals surface area contributed by atoms with Gasteiger partial charge in [0.2, 0.25) is 6.41 Å². The predicted octanol–water partition coefficient (Wildman–Crippen LogP) is 3.76. The monoisotopic (exact) mass is 437 g/mol. The normalized spacial score (nSPS) is 16.5. The number of hydrogen-bond donors (Lipinski definition) is 1. The number of aromatic nitrogens is 1. The van der Waals surface area contributed by atoms with Crippen LogP contribution < -0.4 is 15.5 Å². The number of nitrogens with two attached hydrogens (primary N) is 1. The van der Waals surface area contributed by atoms with Gasteiger partial charge in [0.25, 0.3) is 5.91 Å². The summed E-state index contributed by atoms with van der Waals surface area (Å²) in [6.07, 6.45) is 2.65. The standard InChI is InChI=1S/C25H35N5O2/c1-25(2,3)16-28(4)22-12-11-21(27-23(22)29(5)17-31)19-9-7-13-30(15-19)24(32)18-8-6-10-20(26)14-18/h6,8,10-12,14,17,19H,7,9,13,15-16,26H2,1-5H3. The fraction of sp³-hybridized carbons (Fsp3) is 0.480.